The van der Waals surface area contributed by atoms with Crippen LogP contribution in [0.4, 0.5) is 4.39 Å². The van der Waals surface area contributed by atoms with Crippen LogP contribution < -0.4 is 10.1 Å². The molecule has 0 aliphatic rings. The van der Waals surface area contributed by atoms with Crippen LogP contribution in [0.3, 0.4) is 0 Å². The van der Waals surface area contributed by atoms with E-state index in [0.717, 1.165) is 0 Å². The summed E-state index contributed by atoms with van der Waals surface area (Å²) < 4.78 is 23.7. The number of hydrogen-bond donors (Lipinski definition) is 2. The number of rotatable bonds is 7. The van der Waals surface area contributed by atoms with Crippen molar-refractivity contribution in [2.45, 2.75) is 25.6 Å². The summed E-state index contributed by atoms with van der Waals surface area (Å²) in [6.07, 6.45) is -0.787. The summed E-state index contributed by atoms with van der Waals surface area (Å²) >= 11 is 3.16. The zero-order chi connectivity index (χ0) is 16.0. The number of amides is 1. The molecule has 7 heteroatoms. The van der Waals surface area contributed by atoms with Crippen LogP contribution in [0.25, 0.3) is 0 Å². The van der Waals surface area contributed by atoms with Gasteiger partial charge in [-0.25, -0.2) is 4.39 Å². The second kappa shape index (κ2) is 7.72. The highest BCUT2D eigenvalue weighted by Gasteiger charge is 2.23. The maximum atomic E-state index is 13.0. The Balaban J connectivity index is 2.55. The number of hydrogen-bond acceptors (Lipinski definition) is 4. The molecule has 0 aliphatic carbocycles. The average Bonchev–Trinajstić information content (AvgIpc) is 2.39. The molecule has 1 aromatic carbocycles. The van der Waals surface area contributed by atoms with Crippen LogP contribution in [0.2, 0.25) is 0 Å². The lowest BCUT2D eigenvalue weighted by molar-refractivity contribution is -0.128. The number of methoxy groups -OCH3 is 1. The second-order valence-corrected chi connectivity index (χ2v) is 5.84. The summed E-state index contributed by atoms with van der Waals surface area (Å²) in [6, 6.07) is 3.93. The summed E-state index contributed by atoms with van der Waals surface area (Å²) in [6.45, 7) is 3.26. The van der Waals surface area contributed by atoms with Crippen molar-refractivity contribution in [3.63, 3.8) is 0 Å². The molecule has 0 saturated carbocycles. The summed E-state index contributed by atoms with van der Waals surface area (Å²) in [5, 5.41) is 12.5. The van der Waals surface area contributed by atoms with Gasteiger partial charge in [0.1, 0.15) is 17.2 Å². The molecule has 1 aromatic rings. The lowest BCUT2D eigenvalue weighted by Crippen LogP contribution is -2.47. The first-order valence-corrected chi connectivity index (χ1v) is 7.15. The van der Waals surface area contributed by atoms with Crippen LogP contribution in [0.1, 0.15) is 13.8 Å². The van der Waals surface area contributed by atoms with E-state index in [4.69, 9.17) is 9.47 Å². The third-order valence-corrected chi connectivity index (χ3v) is 3.29. The minimum atomic E-state index is -1.15. The molecule has 0 aliphatic heterocycles. The smallest absolute Gasteiger partial charge is 0.260 e. The maximum Gasteiger partial charge on any atom is 0.260 e. The Labute approximate surface area is 131 Å². The molecule has 21 heavy (non-hydrogen) atoms. The lowest BCUT2D eigenvalue weighted by atomic mass is 10.1. The molecule has 0 aromatic heterocycles. The van der Waals surface area contributed by atoms with Gasteiger partial charge in [0.2, 0.25) is 0 Å². The van der Waals surface area contributed by atoms with Crippen molar-refractivity contribution >= 4 is 21.8 Å². The van der Waals surface area contributed by atoms with Crippen molar-refractivity contribution in [2.24, 2.45) is 0 Å². The van der Waals surface area contributed by atoms with Crippen molar-refractivity contribution in [2.75, 3.05) is 20.3 Å². The molecule has 2 N–H and O–H groups in total. The van der Waals surface area contributed by atoms with E-state index in [9.17, 15) is 14.3 Å². The topological polar surface area (TPSA) is 67.8 Å². The zero-order valence-corrected chi connectivity index (χ0v) is 13.7. The highest BCUT2D eigenvalue weighted by Crippen LogP contribution is 2.26. The number of aliphatic hydroxyl groups is 1. The van der Waals surface area contributed by atoms with Gasteiger partial charge in [-0.05, 0) is 48.0 Å². The zero-order valence-electron chi connectivity index (χ0n) is 12.2. The first-order chi connectivity index (χ1) is 9.75. The van der Waals surface area contributed by atoms with Crippen LogP contribution in [-0.2, 0) is 9.53 Å². The molecule has 0 fully saturated rings. The predicted molar refractivity (Wildman–Crippen MR) is 79.7 cm³/mol. The first kappa shape index (κ1) is 17.9. The molecule has 0 radical (unpaired) electrons. The minimum Gasteiger partial charge on any atom is -0.480 e. The third kappa shape index (κ3) is 5.99. The molecule has 2 atom stereocenters. The van der Waals surface area contributed by atoms with Crippen molar-refractivity contribution < 1.29 is 23.8 Å². The fourth-order valence-electron chi connectivity index (χ4n) is 1.60. The Hall–Kier alpha value is -1.18. The van der Waals surface area contributed by atoms with Crippen LogP contribution in [0.5, 0.6) is 5.75 Å². The standard InChI is InChI=1S/C14H19BrFNO4/c1-9(13(18)17-7-14(2,19)8-20-3)21-12-5-4-10(16)6-11(12)15/h4-6,9,19H,7-8H2,1-3H3,(H,17,18)/t9-,14-/m0/s1. The molecule has 5 nitrogen and oxygen atoms in total. The Morgan fingerprint density at radius 2 is 2.24 bits per heavy atom. The van der Waals surface area contributed by atoms with Gasteiger partial charge in [0.15, 0.2) is 6.10 Å². The number of carbonyl (C=O) groups is 1. The van der Waals surface area contributed by atoms with E-state index in [1.165, 1.54) is 25.3 Å². The number of benzene rings is 1. The quantitative estimate of drug-likeness (QED) is 0.775. The average molecular weight is 364 g/mol. The fourth-order valence-corrected chi connectivity index (χ4v) is 2.04. The van der Waals surface area contributed by atoms with E-state index in [2.05, 4.69) is 21.2 Å². The maximum absolute atomic E-state index is 13.0. The first-order valence-electron chi connectivity index (χ1n) is 6.36. The van der Waals surface area contributed by atoms with Crippen molar-refractivity contribution in [3.05, 3.63) is 28.5 Å². The lowest BCUT2D eigenvalue weighted by Gasteiger charge is -2.24. The van der Waals surface area contributed by atoms with Gasteiger partial charge in [-0.2, -0.15) is 0 Å². The normalized spacial score (nSPS) is 15.1. The Morgan fingerprint density at radius 3 is 2.81 bits per heavy atom. The van der Waals surface area contributed by atoms with E-state index in [-0.39, 0.29) is 19.1 Å². The van der Waals surface area contributed by atoms with E-state index < -0.39 is 17.5 Å². The van der Waals surface area contributed by atoms with Gasteiger partial charge in [-0.3, -0.25) is 4.79 Å². The SMILES string of the molecule is COC[C@@](C)(O)CNC(=O)[C@H](C)Oc1ccc(F)cc1Br. The Morgan fingerprint density at radius 1 is 1.57 bits per heavy atom. The summed E-state index contributed by atoms with van der Waals surface area (Å²) in [5.74, 6) is -0.424. The number of carbonyl (C=O) groups excluding carboxylic acids is 1. The van der Waals surface area contributed by atoms with E-state index >= 15 is 0 Å². The third-order valence-electron chi connectivity index (χ3n) is 2.67. The number of ether oxygens (including phenoxy) is 2. The highest BCUT2D eigenvalue weighted by molar-refractivity contribution is 9.10. The minimum absolute atomic E-state index is 0.0396. The predicted octanol–water partition coefficient (Wildman–Crippen LogP) is 1.87. The van der Waals surface area contributed by atoms with Gasteiger partial charge in [0.25, 0.3) is 5.91 Å². The second-order valence-electron chi connectivity index (χ2n) is 4.98. The Kier molecular flexibility index (Phi) is 6.57. The summed E-state index contributed by atoms with van der Waals surface area (Å²) in [7, 11) is 1.47. The number of nitrogens with one attached hydrogen (secondary N) is 1. The summed E-state index contributed by atoms with van der Waals surface area (Å²) in [4.78, 5) is 11.9. The van der Waals surface area contributed by atoms with Crippen LogP contribution >= 0.6 is 15.9 Å². The van der Waals surface area contributed by atoms with Gasteiger partial charge >= 0.3 is 0 Å². The largest absolute Gasteiger partial charge is 0.480 e. The molecule has 0 bridgehead atoms. The van der Waals surface area contributed by atoms with Gasteiger partial charge in [0, 0.05) is 13.7 Å². The summed E-state index contributed by atoms with van der Waals surface area (Å²) in [5.41, 5.74) is -1.15. The van der Waals surface area contributed by atoms with Crippen LogP contribution in [0, 0.1) is 5.82 Å². The molecule has 118 valence electrons. The Bertz CT molecular complexity index is 496. The van der Waals surface area contributed by atoms with Crippen molar-refractivity contribution in [1.82, 2.24) is 5.32 Å². The molecule has 0 unspecified atom stereocenters. The van der Waals surface area contributed by atoms with Gasteiger partial charge in [-0.15, -0.1) is 0 Å². The van der Waals surface area contributed by atoms with E-state index in [1.54, 1.807) is 13.8 Å². The van der Waals surface area contributed by atoms with E-state index in [1.807, 2.05) is 0 Å². The molecule has 1 amide bonds. The number of halogens is 2. The van der Waals surface area contributed by atoms with Gasteiger partial charge < -0.3 is 19.9 Å². The van der Waals surface area contributed by atoms with Crippen molar-refractivity contribution in [1.29, 1.82) is 0 Å². The van der Waals surface area contributed by atoms with Gasteiger partial charge in [0.05, 0.1) is 11.1 Å². The fraction of sp³-hybridized carbons (Fsp3) is 0.500. The van der Waals surface area contributed by atoms with Gasteiger partial charge in [-0.1, -0.05) is 0 Å². The molecule has 1 rings (SSSR count). The molecule has 0 saturated heterocycles. The van der Waals surface area contributed by atoms with Crippen LogP contribution in [0.15, 0.2) is 22.7 Å². The molecular formula is C14H19BrFNO4. The molecule has 0 spiro atoms. The highest BCUT2D eigenvalue weighted by atomic mass is 79.9. The molecule has 0 heterocycles. The van der Waals surface area contributed by atoms with Crippen molar-refractivity contribution in [3.8, 4) is 5.75 Å². The molecular weight excluding hydrogens is 345 g/mol. The monoisotopic (exact) mass is 363 g/mol. The van der Waals surface area contributed by atoms with Crippen LogP contribution in [-0.4, -0.2) is 43.0 Å². The van der Waals surface area contributed by atoms with E-state index in [0.29, 0.717) is 10.2 Å².